The van der Waals surface area contributed by atoms with Gasteiger partial charge in [0.25, 0.3) is 0 Å². The van der Waals surface area contributed by atoms with E-state index in [9.17, 15) is 0 Å². The van der Waals surface area contributed by atoms with Crippen molar-refractivity contribution in [1.82, 2.24) is 0 Å². The average molecular weight is 346 g/mol. The number of hydrogen-bond donors (Lipinski definition) is 0. The molecule has 0 aromatic heterocycles. The summed E-state index contributed by atoms with van der Waals surface area (Å²) in [6.45, 7) is 4.37. The van der Waals surface area contributed by atoms with E-state index in [1.54, 1.807) is 0 Å². The largest absolute Gasteiger partial charge is 0.0713 e. The first kappa shape index (κ1) is 16.1. The Morgan fingerprint density at radius 2 is 1.04 bits per heavy atom. The summed E-state index contributed by atoms with van der Waals surface area (Å²) in [5, 5.41) is 0. The number of benzene rings is 4. The second kappa shape index (κ2) is 5.96. The van der Waals surface area contributed by atoms with Crippen LogP contribution in [0.25, 0.3) is 11.1 Å². The summed E-state index contributed by atoms with van der Waals surface area (Å²) in [6, 6.07) is 35.7. The lowest BCUT2D eigenvalue weighted by Crippen LogP contribution is -2.28. The van der Waals surface area contributed by atoms with E-state index in [2.05, 4.69) is 111 Å². The van der Waals surface area contributed by atoms with Gasteiger partial charge in [-0.15, -0.1) is 0 Å². The molecule has 0 bridgehead atoms. The van der Waals surface area contributed by atoms with E-state index in [0.717, 1.165) is 0 Å². The molecule has 4 aromatic carbocycles. The van der Waals surface area contributed by atoms with Crippen LogP contribution >= 0.6 is 0 Å². The van der Waals surface area contributed by atoms with Crippen LogP contribution in [0.15, 0.2) is 97.1 Å². The van der Waals surface area contributed by atoms with Gasteiger partial charge >= 0.3 is 0 Å². The summed E-state index contributed by atoms with van der Waals surface area (Å²) in [5.74, 6) is 0. The normalized spacial score (nSPS) is 13.9. The number of fused-ring (bicyclic) bond motifs is 3. The first-order valence-electron chi connectivity index (χ1n) is 9.55. The average Bonchev–Trinajstić information content (AvgIpc) is 2.99. The van der Waals surface area contributed by atoms with E-state index in [4.69, 9.17) is 0 Å². The van der Waals surface area contributed by atoms with Gasteiger partial charge in [0.05, 0.1) is 5.41 Å². The van der Waals surface area contributed by atoms with Crippen molar-refractivity contribution in [3.63, 3.8) is 0 Å². The number of aryl methyl sites for hydroxylation is 2. The van der Waals surface area contributed by atoms with Crippen LogP contribution in [0.5, 0.6) is 0 Å². The van der Waals surface area contributed by atoms with E-state index in [1.807, 2.05) is 0 Å². The maximum atomic E-state index is 2.38. The molecule has 0 atom stereocenters. The van der Waals surface area contributed by atoms with Crippen LogP contribution < -0.4 is 0 Å². The van der Waals surface area contributed by atoms with Crippen LogP contribution in [0, 0.1) is 13.8 Å². The minimum atomic E-state index is -0.271. The Morgan fingerprint density at radius 1 is 0.481 bits per heavy atom. The molecule has 0 saturated heterocycles. The highest BCUT2D eigenvalue weighted by Crippen LogP contribution is 2.56. The summed E-state index contributed by atoms with van der Waals surface area (Å²) in [7, 11) is 0. The third kappa shape index (κ3) is 2.23. The quantitative estimate of drug-likeness (QED) is 0.335. The third-order valence-corrected chi connectivity index (χ3v) is 5.86. The van der Waals surface area contributed by atoms with Gasteiger partial charge in [0.1, 0.15) is 0 Å². The van der Waals surface area contributed by atoms with E-state index >= 15 is 0 Å². The number of hydrogen-bond acceptors (Lipinski definition) is 0. The molecule has 0 unspecified atom stereocenters. The zero-order valence-corrected chi connectivity index (χ0v) is 15.7. The monoisotopic (exact) mass is 346 g/mol. The SMILES string of the molecule is Cc1ccc2c(c1)-c1ccc(C)cc1C2(c1ccccc1)c1ccccc1. The van der Waals surface area contributed by atoms with Gasteiger partial charge in [0.15, 0.2) is 0 Å². The maximum absolute atomic E-state index is 2.38. The van der Waals surface area contributed by atoms with Crippen LogP contribution in [0.1, 0.15) is 33.4 Å². The fraction of sp³-hybridized carbons (Fsp3) is 0.111. The summed E-state index contributed by atoms with van der Waals surface area (Å²) in [5.41, 5.74) is 10.5. The van der Waals surface area contributed by atoms with Crippen LogP contribution in [0.3, 0.4) is 0 Å². The predicted octanol–water partition coefficient (Wildman–Crippen LogP) is 6.67. The molecule has 0 N–H and O–H groups in total. The van der Waals surface area contributed by atoms with Crippen molar-refractivity contribution in [3.8, 4) is 11.1 Å². The van der Waals surface area contributed by atoms with Gasteiger partial charge in [-0.2, -0.15) is 0 Å². The van der Waals surface area contributed by atoms with E-state index in [0.29, 0.717) is 0 Å². The predicted molar refractivity (Wildman–Crippen MR) is 113 cm³/mol. The Kier molecular flexibility index (Phi) is 3.55. The van der Waals surface area contributed by atoms with E-state index < -0.39 is 0 Å². The Hall–Kier alpha value is -3.12. The van der Waals surface area contributed by atoms with Gasteiger partial charge in [-0.05, 0) is 47.2 Å². The fourth-order valence-corrected chi connectivity index (χ4v) is 4.72. The molecule has 0 aliphatic heterocycles. The van der Waals surface area contributed by atoms with Gasteiger partial charge in [-0.3, -0.25) is 0 Å². The lowest BCUT2D eigenvalue weighted by Gasteiger charge is -2.34. The highest BCUT2D eigenvalue weighted by Gasteiger charge is 2.45. The smallest absolute Gasteiger partial charge is 0.0622 e. The standard InChI is InChI=1S/C27H22/c1-19-14-16-25-24(17-19)23-15-13-20(2)18-26(23)27(25,21-9-5-3-6-10-21)22-11-7-4-8-12-22/h3-18H,1-2H3. The van der Waals surface area contributed by atoms with Crippen LogP contribution in [0.2, 0.25) is 0 Å². The molecular weight excluding hydrogens is 324 g/mol. The van der Waals surface area contributed by atoms with Crippen molar-refractivity contribution in [2.24, 2.45) is 0 Å². The number of rotatable bonds is 2. The van der Waals surface area contributed by atoms with Gasteiger partial charge in [-0.25, -0.2) is 0 Å². The molecule has 1 aliphatic rings. The van der Waals surface area contributed by atoms with Crippen molar-refractivity contribution in [2.45, 2.75) is 19.3 Å². The second-order valence-electron chi connectivity index (χ2n) is 7.58. The molecule has 0 heterocycles. The molecule has 0 heteroatoms. The van der Waals surface area contributed by atoms with Gasteiger partial charge in [0, 0.05) is 0 Å². The van der Waals surface area contributed by atoms with Crippen LogP contribution in [-0.4, -0.2) is 0 Å². The van der Waals surface area contributed by atoms with Crippen molar-refractivity contribution in [2.75, 3.05) is 0 Å². The third-order valence-electron chi connectivity index (χ3n) is 5.86. The summed E-state index contributed by atoms with van der Waals surface area (Å²) in [4.78, 5) is 0. The molecule has 5 rings (SSSR count). The second-order valence-corrected chi connectivity index (χ2v) is 7.58. The Morgan fingerprint density at radius 3 is 1.67 bits per heavy atom. The highest BCUT2D eigenvalue weighted by atomic mass is 14.5. The fourth-order valence-electron chi connectivity index (χ4n) is 4.72. The Bertz CT molecular complexity index is 1080. The van der Waals surface area contributed by atoms with Crippen molar-refractivity contribution >= 4 is 0 Å². The molecule has 0 spiro atoms. The molecule has 0 radical (unpaired) electrons. The summed E-state index contributed by atoms with van der Waals surface area (Å²) in [6.07, 6.45) is 0. The molecule has 4 aromatic rings. The molecule has 0 saturated carbocycles. The van der Waals surface area contributed by atoms with E-state index in [-0.39, 0.29) is 5.41 Å². The molecule has 130 valence electrons. The summed E-state index contributed by atoms with van der Waals surface area (Å²) >= 11 is 0. The lowest BCUT2D eigenvalue weighted by molar-refractivity contribution is 0.767. The van der Waals surface area contributed by atoms with E-state index in [1.165, 1.54) is 44.5 Å². The van der Waals surface area contributed by atoms with Crippen LogP contribution in [0.4, 0.5) is 0 Å². The molecule has 0 amide bonds. The molecule has 0 fully saturated rings. The van der Waals surface area contributed by atoms with Crippen molar-refractivity contribution in [3.05, 3.63) is 130 Å². The topological polar surface area (TPSA) is 0 Å². The zero-order chi connectivity index (χ0) is 18.4. The molecular formula is C27H22. The summed E-state index contributed by atoms with van der Waals surface area (Å²) < 4.78 is 0. The Balaban J connectivity index is 1.99. The molecule has 1 aliphatic carbocycles. The van der Waals surface area contributed by atoms with Crippen LogP contribution in [-0.2, 0) is 5.41 Å². The minimum Gasteiger partial charge on any atom is -0.0622 e. The van der Waals surface area contributed by atoms with Crippen molar-refractivity contribution < 1.29 is 0 Å². The van der Waals surface area contributed by atoms with Gasteiger partial charge < -0.3 is 0 Å². The van der Waals surface area contributed by atoms with Crippen molar-refractivity contribution in [1.29, 1.82) is 0 Å². The first-order chi connectivity index (χ1) is 13.2. The minimum absolute atomic E-state index is 0.271. The van der Waals surface area contributed by atoms with Gasteiger partial charge in [0.2, 0.25) is 0 Å². The van der Waals surface area contributed by atoms with Gasteiger partial charge in [-0.1, -0.05) is 108 Å². The lowest BCUT2D eigenvalue weighted by atomic mass is 9.67. The first-order valence-corrected chi connectivity index (χ1v) is 9.55. The highest BCUT2D eigenvalue weighted by molar-refractivity contribution is 5.86. The Labute approximate surface area is 161 Å². The zero-order valence-electron chi connectivity index (χ0n) is 15.7. The molecule has 27 heavy (non-hydrogen) atoms. The maximum Gasteiger partial charge on any atom is 0.0713 e. The molecule has 0 nitrogen and oxygen atoms in total.